The van der Waals surface area contributed by atoms with Crippen LogP contribution in [0.2, 0.25) is 0 Å². The smallest absolute Gasteiger partial charge is 0.222 e. The molecule has 2 fully saturated rings. The van der Waals surface area contributed by atoms with Gasteiger partial charge in [-0.1, -0.05) is 13.3 Å². The average molecular weight is 252 g/mol. The Morgan fingerprint density at radius 3 is 2.78 bits per heavy atom. The number of nitrogens with zero attached hydrogens (tertiary/aromatic N) is 1. The molecule has 104 valence electrons. The van der Waals surface area contributed by atoms with Crippen LogP contribution >= 0.6 is 0 Å². The van der Waals surface area contributed by atoms with Crippen LogP contribution in [0.15, 0.2) is 0 Å². The standard InChI is InChI=1S/C15H28N2O/c1-12-8-10-17(13(2)11-12)15(18)7-6-14-5-3-4-9-16-14/h12-14,16H,3-11H2,1-2H3. The Morgan fingerprint density at radius 1 is 1.28 bits per heavy atom. The van der Waals surface area contributed by atoms with Crippen LogP contribution in [0, 0.1) is 5.92 Å². The zero-order valence-corrected chi connectivity index (χ0v) is 12.0. The van der Waals surface area contributed by atoms with E-state index >= 15 is 0 Å². The maximum Gasteiger partial charge on any atom is 0.222 e. The van der Waals surface area contributed by atoms with E-state index in [-0.39, 0.29) is 0 Å². The molecule has 0 aromatic heterocycles. The largest absolute Gasteiger partial charge is 0.340 e. The van der Waals surface area contributed by atoms with E-state index in [0.717, 1.165) is 31.8 Å². The molecular weight excluding hydrogens is 224 g/mol. The van der Waals surface area contributed by atoms with Crippen LogP contribution in [-0.2, 0) is 4.79 Å². The van der Waals surface area contributed by atoms with Crippen LogP contribution in [0.1, 0.15) is 58.8 Å². The highest BCUT2D eigenvalue weighted by atomic mass is 16.2. The Hall–Kier alpha value is -0.570. The van der Waals surface area contributed by atoms with E-state index in [1.807, 2.05) is 0 Å². The minimum absolute atomic E-state index is 0.377. The molecule has 0 bridgehead atoms. The molecule has 1 N–H and O–H groups in total. The van der Waals surface area contributed by atoms with Gasteiger partial charge in [-0.05, 0) is 51.5 Å². The number of nitrogens with one attached hydrogen (secondary N) is 1. The fourth-order valence-electron chi connectivity index (χ4n) is 3.39. The second-order valence-corrected chi connectivity index (χ2v) is 6.25. The number of piperidine rings is 2. The summed E-state index contributed by atoms with van der Waals surface area (Å²) in [5.74, 6) is 1.16. The Kier molecular flexibility index (Phi) is 5.04. The van der Waals surface area contributed by atoms with Crippen LogP contribution in [0.25, 0.3) is 0 Å². The summed E-state index contributed by atoms with van der Waals surface area (Å²) < 4.78 is 0. The monoisotopic (exact) mass is 252 g/mol. The van der Waals surface area contributed by atoms with Crippen molar-refractivity contribution in [3.05, 3.63) is 0 Å². The lowest BCUT2D eigenvalue weighted by atomic mass is 9.92. The average Bonchev–Trinajstić information content (AvgIpc) is 2.37. The predicted molar refractivity (Wildman–Crippen MR) is 74.4 cm³/mol. The number of hydrogen-bond donors (Lipinski definition) is 1. The lowest BCUT2D eigenvalue weighted by molar-refractivity contribution is -0.135. The summed E-state index contributed by atoms with van der Waals surface area (Å²) in [4.78, 5) is 14.4. The summed E-state index contributed by atoms with van der Waals surface area (Å²) >= 11 is 0. The van der Waals surface area contributed by atoms with Crippen molar-refractivity contribution in [1.82, 2.24) is 10.2 Å². The first kappa shape index (κ1) is 13.9. The van der Waals surface area contributed by atoms with Gasteiger partial charge in [0.05, 0.1) is 0 Å². The van der Waals surface area contributed by atoms with Crippen LogP contribution in [-0.4, -0.2) is 36.0 Å². The third-order valence-corrected chi connectivity index (χ3v) is 4.58. The van der Waals surface area contributed by atoms with E-state index in [1.54, 1.807) is 0 Å². The van der Waals surface area contributed by atoms with Gasteiger partial charge in [-0.25, -0.2) is 0 Å². The van der Waals surface area contributed by atoms with Crippen molar-refractivity contribution in [3.63, 3.8) is 0 Å². The quantitative estimate of drug-likeness (QED) is 0.837. The van der Waals surface area contributed by atoms with Gasteiger partial charge < -0.3 is 10.2 Å². The summed E-state index contributed by atoms with van der Waals surface area (Å²) in [6.45, 7) is 6.60. The second kappa shape index (κ2) is 6.55. The van der Waals surface area contributed by atoms with E-state index in [4.69, 9.17) is 0 Å². The Morgan fingerprint density at radius 2 is 2.11 bits per heavy atom. The molecule has 2 aliphatic rings. The zero-order chi connectivity index (χ0) is 13.0. The number of carbonyl (C=O) groups is 1. The number of hydrogen-bond acceptors (Lipinski definition) is 2. The molecule has 0 spiro atoms. The molecule has 2 rings (SSSR count). The maximum absolute atomic E-state index is 12.3. The molecule has 1 amide bonds. The molecular formula is C15H28N2O. The highest BCUT2D eigenvalue weighted by Gasteiger charge is 2.26. The first-order valence-electron chi connectivity index (χ1n) is 7.69. The molecule has 0 aromatic carbocycles. The predicted octanol–water partition coefficient (Wildman–Crippen LogP) is 2.56. The van der Waals surface area contributed by atoms with Crippen molar-refractivity contribution in [2.45, 2.75) is 70.9 Å². The molecule has 0 aromatic rings. The van der Waals surface area contributed by atoms with E-state index in [0.29, 0.717) is 18.0 Å². The SMILES string of the molecule is CC1CCN(C(=O)CCC2CCCCN2)C(C)C1. The van der Waals surface area contributed by atoms with Gasteiger partial charge in [-0.2, -0.15) is 0 Å². The van der Waals surface area contributed by atoms with E-state index < -0.39 is 0 Å². The van der Waals surface area contributed by atoms with Crippen molar-refractivity contribution in [1.29, 1.82) is 0 Å². The fourth-order valence-corrected chi connectivity index (χ4v) is 3.39. The Labute approximate surface area is 111 Å². The fraction of sp³-hybridized carbons (Fsp3) is 0.933. The molecule has 3 heteroatoms. The van der Waals surface area contributed by atoms with Crippen molar-refractivity contribution < 1.29 is 4.79 Å². The van der Waals surface area contributed by atoms with Crippen molar-refractivity contribution in [3.8, 4) is 0 Å². The van der Waals surface area contributed by atoms with Gasteiger partial charge in [0.25, 0.3) is 0 Å². The normalized spacial score (nSPS) is 33.4. The third-order valence-electron chi connectivity index (χ3n) is 4.58. The van der Waals surface area contributed by atoms with Crippen molar-refractivity contribution in [2.75, 3.05) is 13.1 Å². The number of rotatable bonds is 3. The summed E-state index contributed by atoms with van der Waals surface area (Å²) in [6, 6.07) is 1.03. The van der Waals surface area contributed by atoms with E-state index in [2.05, 4.69) is 24.1 Å². The van der Waals surface area contributed by atoms with E-state index in [9.17, 15) is 4.79 Å². The lowest BCUT2D eigenvalue weighted by Crippen LogP contribution is -2.44. The highest BCUT2D eigenvalue weighted by molar-refractivity contribution is 5.76. The van der Waals surface area contributed by atoms with Crippen LogP contribution in [0.5, 0.6) is 0 Å². The van der Waals surface area contributed by atoms with Gasteiger partial charge in [0.1, 0.15) is 0 Å². The number of likely N-dealkylation sites (tertiary alicyclic amines) is 1. The third kappa shape index (κ3) is 3.71. The summed E-state index contributed by atoms with van der Waals surface area (Å²) in [6.07, 6.45) is 7.98. The Balaban J connectivity index is 1.73. The molecule has 2 aliphatic heterocycles. The highest BCUT2D eigenvalue weighted by Crippen LogP contribution is 2.23. The van der Waals surface area contributed by atoms with Crippen molar-refractivity contribution in [2.24, 2.45) is 5.92 Å². The molecule has 3 unspecified atom stereocenters. The first-order valence-corrected chi connectivity index (χ1v) is 7.69. The molecule has 18 heavy (non-hydrogen) atoms. The van der Waals surface area contributed by atoms with Crippen LogP contribution in [0.4, 0.5) is 0 Å². The number of carbonyl (C=O) groups excluding carboxylic acids is 1. The molecule has 0 radical (unpaired) electrons. The summed E-state index contributed by atoms with van der Waals surface area (Å²) in [5, 5.41) is 3.52. The van der Waals surface area contributed by atoms with Gasteiger partial charge >= 0.3 is 0 Å². The van der Waals surface area contributed by atoms with Gasteiger partial charge in [0.2, 0.25) is 5.91 Å². The molecule has 2 saturated heterocycles. The van der Waals surface area contributed by atoms with Gasteiger partial charge in [-0.15, -0.1) is 0 Å². The Bertz CT molecular complexity index is 274. The van der Waals surface area contributed by atoms with Crippen LogP contribution < -0.4 is 5.32 Å². The minimum Gasteiger partial charge on any atom is -0.340 e. The number of amides is 1. The van der Waals surface area contributed by atoms with Gasteiger partial charge in [-0.3, -0.25) is 4.79 Å². The van der Waals surface area contributed by atoms with Gasteiger partial charge in [0, 0.05) is 25.0 Å². The lowest BCUT2D eigenvalue weighted by Gasteiger charge is -2.37. The van der Waals surface area contributed by atoms with Crippen molar-refractivity contribution >= 4 is 5.91 Å². The zero-order valence-electron chi connectivity index (χ0n) is 12.0. The van der Waals surface area contributed by atoms with Crippen LogP contribution in [0.3, 0.4) is 0 Å². The molecule has 3 nitrogen and oxygen atoms in total. The first-order chi connectivity index (χ1) is 8.66. The molecule has 0 saturated carbocycles. The summed E-state index contributed by atoms with van der Waals surface area (Å²) in [7, 11) is 0. The maximum atomic E-state index is 12.3. The van der Waals surface area contributed by atoms with Gasteiger partial charge in [0.15, 0.2) is 0 Å². The second-order valence-electron chi connectivity index (χ2n) is 6.25. The van der Waals surface area contributed by atoms with E-state index in [1.165, 1.54) is 32.1 Å². The summed E-state index contributed by atoms with van der Waals surface area (Å²) in [5.41, 5.74) is 0. The molecule has 3 atom stereocenters. The minimum atomic E-state index is 0.377. The topological polar surface area (TPSA) is 32.3 Å². The molecule has 0 aliphatic carbocycles. The molecule has 2 heterocycles.